The normalized spacial score (nSPS) is 37.8. The second kappa shape index (κ2) is 5.83. The van der Waals surface area contributed by atoms with Crippen LogP contribution in [0.4, 0.5) is 0 Å². The van der Waals surface area contributed by atoms with Crippen LogP contribution < -0.4 is 5.32 Å². The molecular formula is C12H23NO2. The van der Waals surface area contributed by atoms with Gasteiger partial charge in [0.1, 0.15) is 0 Å². The van der Waals surface area contributed by atoms with Crippen molar-refractivity contribution in [1.82, 2.24) is 5.32 Å². The lowest BCUT2D eigenvalue weighted by Gasteiger charge is -2.31. The highest BCUT2D eigenvalue weighted by Crippen LogP contribution is 2.19. The fourth-order valence-electron chi connectivity index (χ4n) is 2.64. The molecule has 1 unspecified atom stereocenters. The monoisotopic (exact) mass is 213 g/mol. The maximum Gasteiger partial charge on any atom is 0.0693 e. The topological polar surface area (TPSA) is 41.5 Å². The third-order valence-electron chi connectivity index (χ3n) is 3.65. The van der Waals surface area contributed by atoms with Crippen LogP contribution in [0.25, 0.3) is 0 Å². The van der Waals surface area contributed by atoms with Crippen LogP contribution in [0.5, 0.6) is 0 Å². The van der Waals surface area contributed by atoms with Gasteiger partial charge in [0.25, 0.3) is 0 Å². The number of ether oxygens (including phenoxy) is 1. The Labute approximate surface area is 92.2 Å². The second-order valence-corrected chi connectivity index (χ2v) is 4.95. The van der Waals surface area contributed by atoms with E-state index in [2.05, 4.69) is 5.32 Å². The lowest BCUT2D eigenvalue weighted by Crippen LogP contribution is -2.44. The summed E-state index contributed by atoms with van der Waals surface area (Å²) in [5, 5.41) is 13.3. The maximum absolute atomic E-state index is 9.80. The summed E-state index contributed by atoms with van der Waals surface area (Å²) in [7, 11) is 0. The molecule has 0 amide bonds. The summed E-state index contributed by atoms with van der Waals surface area (Å²) in [5.74, 6) is 0.660. The van der Waals surface area contributed by atoms with Crippen molar-refractivity contribution in [1.29, 1.82) is 0 Å². The van der Waals surface area contributed by atoms with Gasteiger partial charge in [-0.05, 0) is 31.6 Å². The van der Waals surface area contributed by atoms with Gasteiger partial charge in [-0.2, -0.15) is 0 Å². The molecule has 2 aliphatic rings. The van der Waals surface area contributed by atoms with Crippen LogP contribution in [-0.2, 0) is 4.74 Å². The van der Waals surface area contributed by atoms with Crippen molar-refractivity contribution in [2.45, 2.75) is 50.7 Å². The van der Waals surface area contributed by atoms with E-state index in [0.29, 0.717) is 12.0 Å². The van der Waals surface area contributed by atoms with E-state index in [-0.39, 0.29) is 6.10 Å². The molecular weight excluding hydrogens is 190 g/mol. The van der Waals surface area contributed by atoms with Crippen LogP contribution in [0.15, 0.2) is 0 Å². The van der Waals surface area contributed by atoms with Gasteiger partial charge in [-0.3, -0.25) is 0 Å². The smallest absolute Gasteiger partial charge is 0.0693 e. The highest BCUT2D eigenvalue weighted by Gasteiger charge is 2.23. The average molecular weight is 213 g/mol. The molecule has 0 aromatic rings. The van der Waals surface area contributed by atoms with Crippen LogP contribution in [0, 0.1) is 5.92 Å². The molecule has 0 bridgehead atoms. The SMILES string of the molecule is O[C@@H]1CCCC[C@H]1NCC1CCCOC1. The van der Waals surface area contributed by atoms with Gasteiger partial charge < -0.3 is 15.2 Å². The number of rotatable bonds is 3. The summed E-state index contributed by atoms with van der Waals surface area (Å²) >= 11 is 0. The number of hydrogen-bond acceptors (Lipinski definition) is 3. The lowest BCUT2D eigenvalue weighted by molar-refractivity contribution is 0.0450. The summed E-state index contributed by atoms with van der Waals surface area (Å²) in [6.07, 6.45) is 6.90. The number of aliphatic hydroxyl groups is 1. The summed E-state index contributed by atoms with van der Waals surface area (Å²) < 4.78 is 5.45. The summed E-state index contributed by atoms with van der Waals surface area (Å²) in [5.41, 5.74) is 0. The fourth-order valence-corrected chi connectivity index (χ4v) is 2.64. The Morgan fingerprint density at radius 2 is 2.00 bits per heavy atom. The standard InChI is InChI=1S/C12H23NO2/c14-12-6-2-1-5-11(12)13-8-10-4-3-7-15-9-10/h10-14H,1-9H2/t10?,11-,12-/m1/s1. The van der Waals surface area contributed by atoms with Gasteiger partial charge in [0.15, 0.2) is 0 Å². The lowest BCUT2D eigenvalue weighted by atomic mass is 9.92. The van der Waals surface area contributed by atoms with Gasteiger partial charge >= 0.3 is 0 Å². The van der Waals surface area contributed by atoms with Crippen LogP contribution >= 0.6 is 0 Å². The van der Waals surface area contributed by atoms with E-state index in [9.17, 15) is 5.11 Å². The molecule has 15 heavy (non-hydrogen) atoms. The summed E-state index contributed by atoms with van der Waals surface area (Å²) in [6.45, 7) is 2.85. The predicted octanol–water partition coefficient (Wildman–Crippen LogP) is 1.31. The third kappa shape index (κ3) is 3.44. The highest BCUT2D eigenvalue weighted by atomic mass is 16.5. The molecule has 3 nitrogen and oxygen atoms in total. The molecule has 0 aromatic heterocycles. The third-order valence-corrected chi connectivity index (χ3v) is 3.65. The van der Waals surface area contributed by atoms with Crippen molar-refractivity contribution in [3.05, 3.63) is 0 Å². The molecule has 88 valence electrons. The number of nitrogens with one attached hydrogen (secondary N) is 1. The first-order chi connectivity index (χ1) is 7.36. The van der Waals surface area contributed by atoms with Crippen LogP contribution in [-0.4, -0.2) is 37.0 Å². The molecule has 3 heteroatoms. The molecule has 1 saturated carbocycles. The Kier molecular flexibility index (Phi) is 4.42. The number of hydrogen-bond donors (Lipinski definition) is 2. The van der Waals surface area contributed by atoms with Gasteiger partial charge in [0.05, 0.1) is 12.7 Å². The van der Waals surface area contributed by atoms with Gasteiger partial charge in [-0.25, -0.2) is 0 Å². The van der Waals surface area contributed by atoms with Gasteiger partial charge in [0, 0.05) is 19.2 Å². The minimum atomic E-state index is -0.122. The van der Waals surface area contributed by atoms with E-state index in [1.54, 1.807) is 0 Å². The van der Waals surface area contributed by atoms with E-state index in [4.69, 9.17) is 4.74 Å². The molecule has 0 radical (unpaired) electrons. The fraction of sp³-hybridized carbons (Fsp3) is 1.00. The average Bonchev–Trinajstić information content (AvgIpc) is 2.29. The second-order valence-electron chi connectivity index (χ2n) is 4.95. The molecule has 2 N–H and O–H groups in total. The van der Waals surface area contributed by atoms with Crippen molar-refractivity contribution in [2.24, 2.45) is 5.92 Å². The first kappa shape index (κ1) is 11.4. The zero-order valence-corrected chi connectivity index (χ0v) is 9.45. The highest BCUT2D eigenvalue weighted by molar-refractivity contribution is 4.81. The van der Waals surface area contributed by atoms with Crippen molar-refractivity contribution in [3.8, 4) is 0 Å². The molecule has 2 rings (SSSR count). The van der Waals surface area contributed by atoms with Crippen molar-refractivity contribution < 1.29 is 9.84 Å². The molecule has 0 aromatic carbocycles. The van der Waals surface area contributed by atoms with Crippen LogP contribution in [0.1, 0.15) is 38.5 Å². The van der Waals surface area contributed by atoms with E-state index in [1.807, 2.05) is 0 Å². The summed E-state index contributed by atoms with van der Waals surface area (Å²) in [4.78, 5) is 0. The van der Waals surface area contributed by atoms with Crippen molar-refractivity contribution >= 4 is 0 Å². The zero-order valence-electron chi connectivity index (χ0n) is 9.45. The molecule has 3 atom stereocenters. The van der Waals surface area contributed by atoms with Gasteiger partial charge in [-0.1, -0.05) is 12.8 Å². The first-order valence-electron chi connectivity index (χ1n) is 6.35. The molecule has 1 aliphatic carbocycles. The molecule has 0 spiro atoms. The minimum absolute atomic E-state index is 0.122. The largest absolute Gasteiger partial charge is 0.392 e. The van der Waals surface area contributed by atoms with E-state index >= 15 is 0 Å². The van der Waals surface area contributed by atoms with Crippen LogP contribution in [0.2, 0.25) is 0 Å². The van der Waals surface area contributed by atoms with E-state index in [1.165, 1.54) is 25.7 Å². The molecule has 1 saturated heterocycles. The van der Waals surface area contributed by atoms with E-state index in [0.717, 1.165) is 32.6 Å². The molecule has 1 heterocycles. The Bertz CT molecular complexity index is 180. The maximum atomic E-state index is 9.80. The quantitative estimate of drug-likeness (QED) is 0.742. The molecule has 1 aliphatic heterocycles. The summed E-state index contributed by atoms with van der Waals surface area (Å²) in [6, 6.07) is 0.334. The Hall–Kier alpha value is -0.120. The zero-order chi connectivity index (χ0) is 10.5. The van der Waals surface area contributed by atoms with Crippen molar-refractivity contribution in [3.63, 3.8) is 0 Å². The Morgan fingerprint density at radius 3 is 2.73 bits per heavy atom. The predicted molar refractivity (Wildman–Crippen MR) is 59.8 cm³/mol. The van der Waals surface area contributed by atoms with Crippen LogP contribution in [0.3, 0.4) is 0 Å². The van der Waals surface area contributed by atoms with Gasteiger partial charge in [-0.15, -0.1) is 0 Å². The minimum Gasteiger partial charge on any atom is -0.392 e. The van der Waals surface area contributed by atoms with Gasteiger partial charge in [0.2, 0.25) is 0 Å². The number of aliphatic hydroxyl groups excluding tert-OH is 1. The van der Waals surface area contributed by atoms with E-state index < -0.39 is 0 Å². The van der Waals surface area contributed by atoms with Crippen molar-refractivity contribution in [2.75, 3.05) is 19.8 Å². The first-order valence-corrected chi connectivity index (χ1v) is 6.35. The Balaban J connectivity index is 1.67. The Morgan fingerprint density at radius 1 is 1.13 bits per heavy atom. The molecule has 2 fully saturated rings.